The molecular formula is C28H31F3N8O5S. The van der Waals surface area contributed by atoms with Crippen LogP contribution in [0.25, 0.3) is 0 Å². The fourth-order valence-electron chi connectivity index (χ4n) is 4.77. The van der Waals surface area contributed by atoms with E-state index < -0.39 is 38.9 Å². The first kappa shape index (κ1) is 31.9. The summed E-state index contributed by atoms with van der Waals surface area (Å²) in [7, 11) is -1.90. The maximum atomic E-state index is 14.0. The molecule has 3 aromatic heterocycles. The van der Waals surface area contributed by atoms with Crippen molar-refractivity contribution in [3.05, 3.63) is 81.8 Å². The van der Waals surface area contributed by atoms with Crippen LogP contribution in [0.4, 0.5) is 24.8 Å². The highest BCUT2D eigenvalue weighted by atomic mass is 32.2. The molecular weight excluding hydrogens is 617 g/mol. The summed E-state index contributed by atoms with van der Waals surface area (Å²) in [5.74, 6) is 0.977. The Hall–Kier alpha value is -4.51. The molecule has 0 bridgehead atoms. The first-order valence-corrected chi connectivity index (χ1v) is 15.7. The van der Waals surface area contributed by atoms with Gasteiger partial charge in [0.05, 0.1) is 75.6 Å². The molecule has 0 unspecified atom stereocenters. The number of ether oxygens (including phenoxy) is 2. The molecule has 0 saturated carbocycles. The molecule has 1 aromatic carbocycles. The minimum atomic E-state index is -4.91. The van der Waals surface area contributed by atoms with Gasteiger partial charge < -0.3 is 19.7 Å². The van der Waals surface area contributed by atoms with E-state index in [0.29, 0.717) is 42.6 Å². The SMILES string of the molecule is COc1ccc(Cn2ncc(N[C@@H](C)COCc3cc4n(n3)CCN(c3ncc(S(C)(=O)=O)cn3)C4)c(C(F)(F)F)c2=O)cc1. The zero-order valence-electron chi connectivity index (χ0n) is 24.7. The normalized spacial score (nSPS) is 14.2. The second-order valence-corrected chi connectivity index (χ2v) is 12.6. The summed E-state index contributed by atoms with van der Waals surface area (Å²) in [4.78, 5) is 23.1. The second-order valence-electron chi connectivity index (χ2n) is 10.6. The highest BCUT2D eigenvalue weighted by Gasteiger charge is 2.38. The summed E-state index contributed by atoms with van der Waals surface area (Å²) in [5.41, 5.74) is -0.931. The molecule has 1 aliphatic rings. The van der Waals surface area contributed by atoms with E-state index in [4.69, 9.17) is 9.47 Å². The molecule has 240 valence electrons. The number of nitrogens with one attached hydrogen (secondary N) is 1. The highest BCUT2D eigenvalue weighted by Crippen LogP contribution is 2.32. The zero-order chi connectivity index (χ0) is 32.4. The lowest BCUT2D eigenvalue weighted by Gasteiger charge is -2.27. The van der Waals surface area contributed by atoms with Crippen LogP contribution in [0.15, 0.2) is 58.6 Å². The van der Waals surface area contributed by atoms with Crippen LogP contribution < -0.4 is 20.5 Å². The summed E-state index contributed by atoms with van der Waals surface area (Å²) in [6.45, 7) is 3.18. The molecule has 17 heteroatoms. The van der Waals surface area contributed by atoms with Gasteiger partial charge in [0.25, 0.3) is 5.56 Å². The molecule has 1 atom stereocenters. The monoisotopic (exact) mass is 648 g/mol. The lowest BCUT2D eigenvalue weighted by atomic mass is 10.2. The molecule has 13 nitrogen and oxygen atoms in total. The molecule has 0 fully saturated rings. The number of hydrogen-bond acceptors (Lipinski definition) is 11. The van der Waals surface area contributed by atoms with Gasteiger partial charge in [-0.15, -0.1) is 0 Å². The molecule has 0 radical (unpaired) electrons. The van der Waals surface area contributed by atoms with Gasteiger partial charge in [0.1, 0.15) is 16.2 Å². The lowest BCUT2D eigenvalue weighted by molar-refractivity contribution is -0.138. The van der Waals surface area contributed by atoms with E-state index in [0.717, 1.165) is 22.8 Å². The van der Waals surface area contributed by atoms with Crippen LogP contribution in [-0.2, 0) is 47.0 Å². The van der Waals surface area contributed by atoms with Crippen molar-refractivity contribution < 1.29 is 31.1 Å². The van der Waals surface area contributed by atoms with Crippen LogP contribution in [0.5, 0.6) is 5.75 Å². The Morgan fingerprint density at radius 2 is 1.80 bits per heavy atom. The minimum absolute atomic E-state index is 0.0288. The summed E-state index contributed by atoms with van der Waals surface area (Å²) in [6.07, 6.45) is -0.266. The highest BCUT2D eigenvalue weighted by molar-refractivity contribution is 7.90. The first-order valence-electron chi connectivity index (χ1n) is 13.8. The van der Waals surface area contributed by atoms with E-state index in [1.54, 1.807) is 31.2 Å². The Bertz CT molecular complexity index is 1810. The third-order valence-corrected chi connectivity index (χ3v) is 8.08. The van der Waals surface area contributed by atoms with Gasteiger partial charge in [0.15, 0.2) is 9.84 Å². The summed E-state index contributed by atoms with van der Waals surface area (Å²) in [5, 5.41) is 11.2. The van der Waals surface area contributed by atoms with E-state index in [9.17, 15) is 26.4 Å². The number of nitrogens with zero attached hydrogens (tertiary/aromatic N) is 7. The van der Waals surface area contributed by atoms with E-state index in [1.807, 2.05) is 15.6 Å². The van der Waals surface area contributed by atoms with Crippen molar-refractivity contribution in [2.24, 2.45) is 0 Å². The maximum Gasteiger partial charge on any atom is 0.423 e. The predicted octanol–water partition coefficient (Wildman–Crippen LogP) is 2.75. The molecule has 1 aliphatic heterocycles. The number of fused-ring (bicyclic) bond motifs is 1. The van der Waals surface area contributed by atoms with Crippen molar-refractivity contribution in [3.63, 3.8) is 0 Å². The number of halogens is 3. The smallest absolute Gasteiger partial charge is 0.423 e. The van der Waals surface area contributed by atoms with Gasteiger partial charge >= 0.3 is 6.18 Å². The van der Waals surface area contributed by atoms with Crippen molar-refractivity contribution in [1.29, 1.82) is 0 Å². The van der Waals surface area contributed by atoms with Gasteiger partial charge in [-0.1, -0.05) is 12.1 Å². The first-order chi connectivity index (χ1) is 21.3. The third kappa shape index (κ3) is 7.59. The second kappa shape index (κ2) is 12.8. The van der Waals surface area contributed by atoms with E-state index in [-0.39, 0.29) is 24.7 Å². The van der Waals surface area contributed by atoms with Crippen LogP contribution >= 0.6 is 0 Å². The van der Waals surface area contributed by atoms with Crippen molar-refractivity contribution in [3.8, 4) is 5.75 Å². The Morgan fingerprint density at radius 1 is 1.09 bits per heavy atom. The quantitative estimate of drug-likeness (QED) is 0.256. The molecule has 4 heterocycles. The number of benzene rings is 1. The molecule has 0 amide bonds. The number of alkyl halides is 3. The fraction of sp³-hybridized carbons (Fsp3) is 0.393. The average Bonchev–Trinajstić information content (AvgIpc) is 3.40. The molecule has 0 aliphatic carbocycles. The van der Waals surface area contributed by atoms with Crippen molar-refractivity contribution in [2.45, 2.75) is 50.3 Å². The van der Waals surface area contributed by atoms with Gasteiger partial charge in [-0.2, -0.15) is 23.4 Å². The van der Waals surface area contributed by atoms with Gasteiger partial charge in [-0.3, -0.25) is 9.48 Å². The van der Waals surface area contributed by atoms with Crippen molar-refractivity contribution in [2.75, 3.05) is 36.7 Å². The molecule has 45 heavy (non-hydrogen) atoms. The minimum Gasteiger partial charge on any atom is -0.497 e. The number of anilines is 2. The van der Waals surface area contributed by atoms with Gasteiger partial charge in [-0.05, 0) is 30.7 Å². The van der Waals surface area contributed by atoms with E-state index >= 15 is 0 Å². The van der Waals surface area contributed by atoms with Gasteiger partial charge in [0.2, 0.25) is 5.95 Å². The fourth-order valence-corrected chi connectivity index (χ4v) is 5.26. The van der Waals surface area contributed by atoms with E-state index in [1.165, 1.54) is 19.5 Å². The molecule has 4 aromatic rings. The average molecular weight is 649 g/mol. The number of aromatic nitrogens is 6. The largest absolute Gasteiger partial charge is 0.497 e. The summed E-state index contributed by atoms with van der Waals surface area (Å²) in [6, 6.07) is 7.85. The molecule has 0 spiro atoms. The topological polar surface area (TPSA) is 146 Å². The Kier molecular flexibility index (Phi) is 9.11. The Labute approximate surface area is 256 Å². The number of hydrogen-bond donors (Lipinski definition) is 1. The van der Waals surface area contributed by atoms with Crippen molar-refractivity contribution >= 4 is 21.5 Å². The number of methoxy groups -OCH3 is 1. The number of sulfone groups is 1. The van der Waals surface area contributed by atoms with Crippen LogP contribution in [0.1, 0.15) is 29.4 Å². The zero-order valence-corrected chi connectivity index (χ0v) is 25.5. The lowest BCUT2D eigenvalue weighted by Crippen LogP contribution is -2.35. The van der Waals surface area contributed by atoms with Crippen LogP contribution in [0, 0.1) is 0 Å². The van der Waals surface area contributed by atoms with E-state index in [2.05, 4.69) is 25.5 Å². The molecule has 5 rings (SSSR count). The number of rotatable bonds is 11. The van der Waals surface area contributed by atoms with Gasteiger partial charge in [0, 0.05) is 18.8 Å². The predicted molar refractivity (Wildman–Crippen MR) is 157 cm³/mol. The summed E-state index contributed by atoms with van der Waals surface area (Å²) < 4.78 is 78.7. The van der Waals surface area contributed by atoms with Crippen LogP contribution in [0.3, 0.4) is 0 Å². The molecule has 1 N–H and O–H groups in total. The summed E-state index contributed by atoms with van der Waals surface area (Å²) >= 11 is 0. The van der Waals surface area contributed by atoms with Crippen LogP contribution in [0.2, 0.25) is 0 Å². The maximum absolute atomic E-state index is 14.0. The third-order valence-electron chi connectivity index (χ3n) is 7.01. The van der Waals surface area contributed by atoms with Gasteiger partial charge in [-0.25, -0.2) is 23.1 Å². The molecule has 0 saturated heterocycles. The van der Waals surface area contributed by atoms with Crippen molar-refractivity contribution in [1.82, 2.24) is 29.5 Å². The Morgan fingerprint density at radius 3 is 2.44 bits per heavy atom. The van der Waals surface area contributed by atoms with Crippen LogP contribution in [-0.4, -0.2) is 70.5 Å². The standard InChI is InChI=1S/C28H31F3N8O5S/c1-18(35-24-13-34-39(26(40)25(24)28(29,30)31)14-19-4-6-22(43-2)7-5-19)16-44-17-20-10-21-15-37(8-9-38(21)36-20)27-32-11-23(12-33-27)45(3,41)42/h4-7,10-13,18,35H,8-9,14-17H2,1-3H3/t18-/m0/s1. The Balaban J connectivity index is 1.18.